The van der Waals surface area contributed by atoms with E-state index in [0.717, 1.165) is 16.7 Å². The minimum atomic E-state index is -0.227. The Morgan fingerprint density at radius 3 is 2.31 bits per heavy atom. The largest absolute Gasteiger partial charge is 0.321 e. The predicted octanol–water partition coefficient (Wildman–Crippen LogP) is 6.58. The monoisotopic (exact) mass is 480 g/mol. The molecule has 36 heavy (non-hydrogen) atoms. The quantitative estimate of drug-likeness (QED) is 0.147. The lowest BCUT2D eigenvalue weighted by Crippen LogP contribution is -2.16. The summed E-state index contributed by atoms with van der Waals surface area (Å²) >= 11 is 0. The summed E-state index contributed by atoms with van der Waals surface area (Å²) in [4.78, 5) is 29.7. The maximum absolute atomic E-state index is 12.7. The van der Waals surface area contributed by atoms with Crippen molar-refractivity contribution in [2.45, 2.75) is 27.2 Å². The SMILES string of the molecule is C/C=C(C)\C(=C/C)C(=O)Nc1ccc(-c2cccc(NC(=O)Cc3ccccc3)n2)cc1C=N.C=C. The molecule has 1 heterocycles. The average molecular weight is 481 g/mol. The molecule has 3 N–H and O–H groups in total. The standard InChI is InChI=1S/C28H28N4O2.C2H4/c1-4-19(3)23(5-2)28(34)31-25-15-14-21(17-22(25)18-29)24-12-9-13-26(30-24)32-27(33)16-20-10-7-6-8-11-20;1-2/h4-15,17-18,29H,16H2,1-3H3,(H,31,34)(H,30,32,33);1-2H2/b19-4-,23-5+,29-18?;. The molecule has 0 aliphatic carbocycles. The molecule has 0 aliphatic heterocycles. The lowest BCUT2D eigenvalue weighted by molar-refractivity contribution is -0.115. The summed E-state index contributed by atoms with van der Waals surface area (Å²) in [5, 5.41) is 13.6. The lowest BCUT2D eigenvalue weighted by Gasteiger charge is -2.13. The zero-order chi connectivity index (χ0) is 26.5. The van der Waals surface area contributed by atoms with Crippen LogP contribution < -0.4 is 10.6 Å². The minimum absolute atomic E-state index is 0.148. The third-order valence-corrected chi connectivity index (χ3v) is 5.37. The number of carbonyl (C=O) groups is 2. The summed E-state index contributed by atoms with van der Waals surface area (Å²) in [5.41, 5.74) is 4.91. The van der Waals surface area contributed by atoms with Crippen molar-refractivity contribution in [1.29, 1.82) is 5.41 Å². The summed E-state index contributed by atoms with van der Waals surface area (Å²) < 4.78 is 0. The second kappa shape index (κ2) is 14.0. The van der Waals surface area contributed by atoms with Gasteiger partial charge in [-0.1, -0.05) is 54.6 Å². The van der Waals surface area contributed by atoms with Crippen LogP contribution in [-0.4, -0.2) is 23.0 Å². The van der Waals surface area contributed by atoms with Gasteiger partial charge in [0.25, 0.3) is 5.91 Å². The van der Waals surface area contributed by atoms with Crippen LogP contribution >= 0.6 is 0 Å². The molecule has 3 aromatic rings. The first kappa shape index (κ1) is 27.7. The number of aromatic nitrogens is 1. The molecule has 3 rings (SSSR count). The van der Waals surface area contributed by atoms with Crippen LogP contribution in [0.4, 0.5) is 11.5 Å². The van der Waals surface area contributed by atoms with E-state index >= 15 is 0 Å². The fourth-order valence-electron chi connectivity index (χ4n) is 3.47. The molecule has 2 amide bonds. The number of carbonyl (C=O) groups excluding carboxylic acids is 2. The third-order valence-electron chi connectivity index (χ3n) is 5.37. The van der Waals surface area contributed by atoms with E-state index in [4.69, 9.17) is 5.41 Å². The Morgan fingerprint density at radius 1 is 0.944 bits per heavy atom. The van der Waals surface area contributed by atoms with Gasteiger partial charge in [-0.25, -0.2) is 4.98 Å². The van der Waals surface area contributed by atoms with Gasteiger partial charge in [-0.15, -0.1) is 13.2 Å². The molecule has 0 saturated heterocycles. The Labute approximate surface area is 213 Å². The molecule has 0 aliphatic rings. The van der Waals surface area contributed by atoms with E-state index in [1.165, 1.54) is 6.21 Å². The number of hydrogen-bond donors (Lipinski definition) is 3. The van der Waals surface area contributed by atoms with Gasteiger partial charge in [0.2, 0.25) is 5.91 Å². The summed E-state index contributed by atoms with van der Waals surface area (Å²) in [6, 6.07) is 20.3. The fraction of sp³-hybridized carbons (Fsp3) is 0.133. The maximum atomic E-state index is 12.7. The summed E-state index contributed by atoms with van der Waals surface area (Å²) in [6.45, 7) is 11.6. The molecule has 0 unspecified atom stereocenters. The van der Waals surface area contributed by atoms with Crippen molar-refractivity contribution in [2.75, 3.05) is 10.6 Å². The Bertz CT molecular complexity index is 1280. The number of nitrogens with zero attached hydrogens (tertiary/aromatic N) is 1. The van der Waals surface area contributed by atoms with Crippen molar-refractivity contribution in [3.05, 3.63) is 114 Å². The molecule has 0 fully saturated rings. The molecule has 0 spiro atoms. The van der Waals surface area contributed by atoms with Crippen LogP contribution in [0.1, 0.15) is 31.9 Å². The average Bonchev–Trinajstić information content (AvgIpc) is 2.91. The first-order valence-corrected chi connectivity index (χ1v) is 11.5. The Morgan fingerprint density at radius 2 is 1.67 bits per heavy atom. The maximum Gasteiger partial charge on any atom is 0.255 e. The van der Waals surface area contributed by atoms with Crippen LogP contribution in [0.5, 0.6) is 0 Å². The van der Waals surface area contributed by atoms with E-state index in [-0.39, 0.29) is 18.2 Å². The molecule has 0 radical (unpaired) electrons. The van der Waals surface area contributed by atoms with E-state index in [1.807, 2.05) is 75.4 Å². The minimum Gasteiger partial charge on any atom is -0.321 e. The van der Waals surface area contributed by atoms with Crippen LogP contribution in [0.2, 0.25) is 0 Å². The number of allylic oxidation sites excluding steroid dienone is 2. The van der Waals surface area contributed by atoms with Gasteiger partial charge in [0.05, 0.1) is 12.1 Å². The van der Waals surface area contributed by atoms with Crippen molar-refractivity contribution in [2.24, 2.45) is 0 Å². The summed E-state index contributed by atoms with van der Waals surface area (Å²) in [7, 11) is 0. The Balaban J connectivity index is 0.00000222. The first-order valence-electron chi connectivity index (χ1n) is 11.5. The zero-order valence-electron chi connectivity index (χ0n) is 21.0. The van der Waals surface area contributed by atoms with Crippen molar-refractivity contribution >= 4 is 29.5 Å². The number of hydrogen-bond acceptors (Lipinski definition) is 4. The molecule has 6 heteroatoms. The van der Waals surface area contributed by atoms with Gasteiger partial charge in [0.15, 0.2) is 0 Å². The highest BCUT2D eigenvalue weighted by Crippen LogP contribution is 2.25. The van der Waals surface area contributed by atoms with Crippen LogP contribution in [-0.2, 0) is 16.0 Å². The molecular weight excluding hydrogens is 448 g/mol. The summed E-state index contributed by atoms with van der Waals surface area (Å²) in [6.07, 6.45) is 5.11. The Kier molecular flexibility index (Phi) is 10.7. The van der Waals surface area contributed by atoms with Gasteiger partial charge in [-0.3, -0.25) is 9.59 Å². The summed E-state index contributed by atoms with van der Waals surface area (Å²) in [5.74, 6) is 0.0762. The van der Waals surface area contributed by atoms with Crippen molar-refractivity contribution in [3.63, 3.8) is 0 Å². The van der Waals surface area contributed by atoms with Crippen LogP contribution in [0.3, 0.4) is 0 Å². The number of nitrogens with one attached hydrogen (secondary N) is 3. The topological polar surface area (TPSA) is 94.9 Å². The van der Waals surface area contributed by atoms with Crippen molar-refractivity contribution < 1.29 is 9.59 Å². The van der Waals surface area contributed by atoms with Gasteiger partial charge in [0, 0.05) is 28.6 Å². The highest BCUT2D eigenvalue weighted by atomic mass is 16.2. The molecular formula is C30H32N4O2. The third kappa shape index (κ3) is 7.46. The molecule has 2 aromatic carbocycles. The zero-order valence-corrected chi connectivity index (χ0v) is 21.0. The number of benzene rings is 2. The van der Waals surface area contributed by atoms with Crippen LogP contribution in [0.25, 0.3) is 11.3 Å². The molecule has 1 aromatic heterocycles. The number of amides is 2. The molecule has 0 bridgehead atoms. The van der Waals surface area contributed by atoms with E-state index in [0.29, 0.717) is 28.3 Å². The predicted molar refractivity (Wildman–Crippen MR) is 149 cm³/mol. The van der Waals surface area contributed by atoms with Gasteiger partial charge in [-0.2, -0.15) is 0 Å². The normalized spacial score (nSPS) is 11.1. The Hall–Kier alpha value is -4.58. The van der Waals surface area contributed by atoms with E-state index < -0.39 is 0 Å². The van der Waals surface area contributed by atoms with E-state index in [9.17, 15) is 9.59 Å². The van der Waals surface area contributed by atoms with Crippen molar-refractivity contribution in [3.8, 4) is 11.3 Å². The number of anilines is 2. The van der Waals surface area contributed by atoms with Crippen molar-refractivity contribution in [1.82, 2.24) is 4.98 Å². The molecule has 6 nitrogen and oxygen atoms in total. The highest BCUT2D eigenvalue weighted by molar-refractivity contribution is 6.08. The molecule has 0 atom stereocenters. The first-order chi connectivity index (χ1) is 17.4. The second-order valence-electron chi connectivity index (χ2n) is 7.69. The van der Waals surface area contributed by atoms with Crippen LogP contribution in [0.15, 0.2) is 103 Å². The van der Waals surface area contributed by atoms with Gasteiger partial charge in [-0.05, 0) is 56.2 Å². The highest BCUT2D eigenvalue weighted by Gasteiger charge is 2.13. The van der Waals surface area contributed by atoms with Gasteiger partial charge >= 0.3 is 0 Å². The molecule has 184 valence electrons. The molecule has 0 saturated carbocycles. The van der Waals surface area contributed by atoms with E-state index in [1.54, 1.807) is 24.3 Å². The van der Waals surface area contributed by atoms with Gasteiger partial charge in [0.1, 0.15) is 5.82 Å². The second-order valence-corrected chi connectivity index (χ2v) is 7.69. The fourth-order valence-corrected chi connectivity index (χ4v) is 3.47. The van der Waals surface area contributed by atoms with Crippen LogP contribution in [0, 0.1) is 5.41 Å². The van der Waals surface area contributed by atoms with E-state index in [2.05, 4.69) is 28.8 Å². The number of rotatable bonds is 8. The number of pyridine rings is 1. The lowest BCUT2D eigenvalue weighted by atomic mass is 10.0. The van der Waals surface area contributed by atoms with Gasteiger partial charge < -0.3 is 16.0 Å². The smallest absolute Gasteiger partial charge is 0.255 e.